The second kappa shape index (κ2) is 11.3. The van der Waals surface area contributed by atoms with Crippen LogP contribution in [0.4, 0.5) is 0 Å². The maximum absolute atomic E-state index is 2.31. The summed E-state index contributed by atoms with van der Waals surface area (Å²) in [6.07, 6.45) is 3.97. The Morgan fingerprint density at radius 3 is 2.07 bits per heavy atom. The molecule has 0 aliphatic heterocycles. The highest BCUT2D eigenvalue weighted by molar-refractivity contribution is 5.18. The Bertz CT molecular complexity index is 201. The molecule has 1 atom stereocenters. The maximum Gasteiger partial charge on any atom is -0.0190 e. The lowest BCUT2D eigenvalue weighted by Gasteiger charge is -2.10. The number of hydrogen-bond acceptors (Lipinski definition) is 0. The molecule has 0 heteroatoms. The molecule has 0 nitrogen and oxygen atoms in total. The van der Waals surface area contributed by atoms with E-state index in [9.17, 15) is 0 Å². The molecule has 0 aliphatic carbocycles. The molecule has 0 spiro atoms. The Hall–Kier alpha value is -0.780. The molecule has 1 unspecified atom stereocenters. The van der Waals surface area contributed by atoms with Gasteiger partial charge < -0.3 is 0 Å². The fraction of sp³-hybridized carbons (Fsp3) is 0.600. The van der Waals surface area contributed by atoms with Crippen LogP contribution in [0.2, 0.25) is 0 Å². The Morgan fingerprint density at radius 1 is 1.07 bits per heavy atom. The first-order valence-electron chi connectivity index (χ1n) is 5.89. The monoisotopic (exact) mass is 208 g/mol. The Balaban J connectivity index is 0. The fourth-order valence-corrected chi connectivity index (χ4v) is 1.46. The smallest absolute Gasteiger partial charge is 0.0190 e. The Morgan fingerprint density at radius 2 is 1.60 bits per heavy atom. The molecule has 15 heavy (non-hydrogen) atoms. The van der Waals surface area contributed by atoms with Gasteiger partial charge in [0.1, 0.15) is 0 Å². The van der Waals surface area contributed by atoms with Gasteiger partial charge in [0.2, 0.25) is 0 Å². The molecular weight excluding hydrogens is 180 g/mol. The van der Waals surface area contributed by atoms with Crippen molar-refractivity contribution in [3.05, 3.63) is 35.9 Å². The summed E-state index contributed by atoms with van der Waals surface area (Å²) in [5, 5.41) is 0. The summed E-state index contributed by atoms with van der Waals surface area (Å²) < 4.78 is 0. The molecule has 0 N–H and O–H groups in total. The van der Waals surface area contributed by atoms with Crippen molar-refractivity contribution < 1.29 is 0 Å². The second-order valence-corrected chi connectivity index (χ2v) is 3.45. The van der Waals surface area contributed by atoms with E-state index in [1.54, 1.807) is 0 Å². The van der Waals surface area contributed by atoms with Gasteiger partial charge in [0.15, 0.2) is 0 Å². The summed E-state index contributed by atoms with van der Waals surface area (Å²) in [6.45, 7) is 8.56. The van der Waals surface area contributed by atoms with Crippen LogP contribution in [-0.4, -0.2) is 0 Å². The fourth-order valence-electron chi connectivity index (χ4n) is 1.46. The number of unbranched alkanes of at least 4 members (excludes halogenated alkanes) is 1. The molecule has 0 bridgehead atoms. The van der Waals surface area contributed by atoms with Crippen molar-refractivity contribution in [2.24, 2.45) is 0 Å². The van der Waals surface area contributed by atoms with E-state index in [4.69, 9.17) is 0 Å². The zero-order chi connectivity index (χ0) is 10.8. The summed E-state index contributed by atoms with van der Waals surface area (Å²) in [7, 11) is 0. The van der Waals surface area contributed by atoms with Crippen LogP contribution >= 0.6 is 0 Å². The highest BCUT2D eigenvalue weighted by Gasteiger charge is 2.02. The summed E-state index contributed by atoms with van der Waals surface area (Å²) in [6, 6.07) is 10.8. The molecule has 0 heterocycles. The van der Waals surface area contributed by atoms with Gasteiger partial charge in [0, 0.05) is 0 Å². The molecule has 1 rings (SSSR count). The molecule has 0 saturated carbocycles. The number of benzene rings is 1. The largest absolute Gasteiger partial charge is 0.0776 e. The molecule has 0 aromatic heterocycles. The standard InChI is InChI=1S/C12H18.C2H6.CH4/c1-3-4-8-11(2)12-9-6-5-7-10-12;1-2;/h5-7,9-11H,3-4,8H2,1-2H3;1-2H3;1H4. The molecule has 0 saturated heterocycles. The van der Waals surface area contributed by atoms with E-state index >= 15 is 0 Å². The van der Waals surface area contributed by atoms with E-state index in [0.717, 1.165) is 5.92 Å². The minimum Gasteiger partial charge on any atom is -0.0776 e. The first-order chi connectivity index (χ1) is 6.84. The van der Waals surface area contributed by atoms with Crippen LogP contribution in [0.25, 0.3) is 0 Å². The molecule has 0 aliphatic rings. The molecule has 0 amide bonds. The van der Waals surface area contributed by atoms with Crippen LogP contribution in [0.15, 0.2) is 30.3 Å². The van der Waals surface area contributed by atoms with Crippen LogP contribution < -0.4 is 0 Å². The highest BCUT2D eigenvalue weighted by Crippen LogP contribution is 2.20. The first-order valence-corrected chi connectivity index (χ1v) is 5.89. The third kappa shape index (κ3) is 7.18. The highest BCUT2D eigenvalue weighted by atomic mass is 14.1. The molecule has 88 valence electrons. The van der Waals surface area contributed by atoms with Crippen molar-refractivity contribution in [1.29, 1.82) is 0 Å². The third-order valence-electron chi connectivity index (χ3n) is 2.36. The second-order valence-electron chi connectivity index (χ2n) is 3.45. The maximum atomic E-state index is 2.31. The van der Waals surface area contributed by atoms with Crippen LogP contribution in [0.5, 0.6) is 0 Å². The van der Waals surface area contributed by atoms with Crippen molar-refractivity contribution in [2.75, 3.05) is 0 Å². The van der Waals surface area contributed by atoms with Crippen LogP contribution in [-0.2, 0) is 0 Å². The minimum absolute atomic E-state index is 0. The predicted octanol–water partition coefficient (Wildman–Crippen LogP) is 5.64. The van der Waals surface area contributed by atoms with Gasteiger partial charge in [-0.2, -0.15) is 0 Å². The van der Waals surface area contributed by atoms with Gasteiger partial charge in [-0.05, 0) is 17.9 Å². The van der Waals surface area contributed by atoms with Gasteiger partial charge in [0.25, 0.3) is 0 Å². The van der Waals surface area contributed by atoms with Gasteiger partial charge in [-0.1, -0.05) is 78.3 Å². The van der Waals surface area contributed by atoms with E-state index in [-0.39, 0.29) is 7.43 Å². The van der Waals surface area contributed by atoms with Crippen molar-refractivity contribution in [1.82, 2.24) is 0 Å². The summed E-state index contributed by atoms with van der Waals surface area (Å²) in [4.78, 5) is 0. The van der Waals surface area contributed by atoms with E-state index in [0.29, 0.717) is 0 Å². The Labute approximate surface area is 96.7 Å². The SMILES string of the molecule is C.CC.CCCCC(C)c1ccccc1. The van der Waals surface area contributed by atoms with Gasteiger partial charge in [0.05, 0.1) is 0 Å². The molecule has 0 fully saturated rings. The zero-order valence-electron chi connectivity index (χ0n) is 10.1. The average Bonchev–Trinajstić information content (AvgIpc) is 2.30. The van der Waals surface area contributed by atoms with Crippen molar-refractivity contribution >= 4 is 0 Å². The first kappa shape index (κ1) is 16.6. The average molecular weight is 208 g/mol. The number of hydrogen-bond donors (Lipinski definition) is 0. The number of rotatable bonds is 4. The lowest BCUT2D eigenvalue weighted by Crippen LogP contribution is -1.92. The lowest BCUT2D eigenvalue weighted by molar-refractivity contribution is 0.624. The summed E-state index contributed by atoms with van der Waals surface area (Å²) >= 11 is 0. The van der Waals surface area contributed by atoms with E-state index in [2.05, 4.69) is 44.2 Å². The quantitative estimate of drug-likeness (QED) is 0.600. The molecule has 1 aromatic carbocycles. The van der Waals surface area contributed by atoms with Crippen molar-refractivity contribution in [3.8, 4) is 0 Å². The van der Waals surface area contributed by atoms with Crippen molar-refractivity contribution in [3.63, 3.8) is 0 Å². The van der Waals surface area contributed by atoms with Crippen LogP contribution in [0.3, 0.4) is 0 Å². The normalized spacial score (nSPS) is 10.7. The van der Waals surface area contributed by atoms with Gasteiger partial charge in [-0.15, -0.1) is 0 Å². The molecular formula is C15H28. The van der Waals surface area contributed by atoms with E-state index in [1.165, 1.54) is 24.8 Å². The van der Waals surface area contributed by atoms with Gasteiger partial charge in [-0.3, -0.25) is 0 Å². The summed E-state index contributed by atoms with van der Waals surface area (Å²) in [5.74, 6) is 0.728. The minimum atomic E-state index is 0. The topological polar surface area (TPSA) is 0 Å². The zero-order valence-corrected chi connectivity index (χ0v) is 10.1. The third-order valence-corrected chi connectivity index (χ3v) is 2.36. The predicted molar refractivity (Wildman–Crippen MR) is 72.5 cm³/mol. The van der Waals surface area contributed by atoms with Crippen LogP contribution in [0.1, 0.15) is 65.9 Å². The van der Waals surface area contributed by atoms with E-state index < -0.39 is 0 Å². The van der Waals surface area contributed by atoms with E-state index in [1.807, 2.05) is 13.8 Å². The van der Waals surface area contributed by atoms with Crippen LogP contribution in [0, 0.1) is 0 Å². The summed E-state index contributed by atoms with van der Waals surface area (Å²) in [5.41, 5.74) is 1.48. The van der Waals surface area contributed by atoms with Gasteiger partial charge >= 0.3 is 0 Å². The molecule has 1 aromatic rings. The van der Waals surface area contributed by atoms with Gasteiger partial charge in [-0.25, -0.2) is 0 Å². The Kier molecular flexibility index (Phi) is 12.5. The molecule has 0 radical (unpaired) electrons. The lowest BCUT2D eigenvalue weighted by atomic mass is 9.96. The van der Waals surface area contributed by atoms with Crippen molar-refractivity contribution in [2.45, 2.75) is 60.3 Å².